The van der Waals surface area contributed by atoms with Crippen LogP contribution in [0.1, 0.15) is 19.3 Å². The van der Waals surface area contributed by atoms with E-state index in [0.29, 0.717) is 11.3 Å². The van der Waals surface area contributed by atoms with Gasteiger partial charge >= 0.3 is 0 Å². The molecule has 9 heavy (non-hydrogen) atoms. The van der Waals surface area contributed by atoms with Crippen LogP contribution >= 0.6 is 12.6 Å². The van der Waals surface area contributed by atoms with Gasteiger partial charge in [0.15, 0.2) is 0 Å². The van der Waals surface area contributed by atoms with Crippen LogP contribution in [0, 0.1) is 0 Å². The highest BCUT2D eigenvalue weighted by atomic mass is 32.1. The fraction of sp³-hybridized carbons (Fsp3) is 1.00. The van der Waals surface area contributed by atoms with Gasteiger partial charge in [0.05, 0.1) is 0 Å². The minimum atomic E-state index is 0.220. The maximum absolute atomic E-state index is 5.71. The molecule has 1 aliphatic carbocycles. The van der Waals surface area contributed by atoms with Gasteiger partial charge < -0.3 is 11.5 Å². The maximum atomic E-state index is 5.71. The molecule has 1 aliphatic rings. The average Bonchev–Trinajstić information content (AvgIpc) is 1.80. The van der Waals surface area contributed by atoms with Crippen molar-refractivity contribution in [3.8, 4) is 0 Å². The molecular weight excluding hydrogens is 132 g/mol. The molecule has 0 radical (unpaired) electrons. The average molecular weight is 146 g/mol. The van der Waals surface area contributed by atoms with Gasteiger partial charge in [-0.25, -0.2) is 0 Å². The molecule has 0 aliphatic heterocycles. The summed E-state index contributed by atoms with van der Waals surface area (Å²) in [6.45, 7) is 0. The lowest BCUT2D eigenvalue weighted by Crippen LogP contribution is -2.42. The van der Waals surface area contributed by atoms with Gasteiger partial charge in [-0.05, 0) is 19.3 Å². The van der Waals surface area contributed by atoms with E-state index in [0.717, 1.165) is 19.3 Å². The van der Waals surface area contributed by atoms with Crippen LogP contribution in [0.2, 0.25) is 0 Å². The van der Waals surface area contributed by atoms with E-state index in [-0.39, 0.29) is 6.04 Å². The largest absolute Gasteiger partial charge is 0.328 e. The molecule has 0 aromatic heterocycles. The van der Waals surface area contributed by atoms with Crippen molar-refractivity contribution in [2.24, 2.45) is 11.5 Å². The number of nitrogens with two attached hydrogens (primary N) is 2. The van der Waals surface area contributed by atoms with Crippen molar-refractivity contribution in [1.82, 2.24) is 0 Å². The van der Waals surface area contributed by atoms with Crippen molar-refractivity contribution in [3.05, 3.63) is 0 Å². The molecule has 0 amide bonds. The summed E-state index contributed by atoms with van der Waals surface area (Å²) in [5.74, 6) is 0. The predicted octanol–water partition coefficient (Wildman–Crippen LogP) is 0.123. The minimum absolute atomic E-state index is 0.220. The Balaban J connectivity index is 2.35. The van der Waals surface area contributed by atoms with Crippen LogP contribution in [0.5, 0.6) is 0 Å². The molecule has 0 aromatic rings. The van der Waals surface area contributed by atoms with Crippen molar-refractivity contribution in [2.45, 2.75) is 36.6 Å². The molecule has 0 saturated heterocycles. The third-order valence-corrected chi connectivity index (χ3v) is 2.54. The van der Waals surface area contributed by atoms with Gasteiger partial charge in [-0.1, -0.05) is 0 Å². The van der Waals surface area contributed by atoms with Gasteiger partial charge in [-0.3, -0.25) is 0 Å². The first-order valence-electron chi connectivity index (χ1n) is 3.39. The quantitative estimate of drug-likeness (QED) is 0.425. The third kappa shape index (κ3) is 1.85. The van der Waals surface area contributed by atoms with E-state index in [9.17, 15) is 0 Å². The van der Waals surface area contributed by atoms with Crippen molar-refractivity contribution >= 4 is 12.6 Å². The standard InChI is InChI=1S/C6H14N2S/c7-4-1-2-6(9)5(8)3-4/h4-6,9H,1-3,7-8H2. The summed E-state index contributed by atoms with van der Waals surface area (Å²) in [7, 11) is 0. The normalized spacial score (nSPS) is 45.0. The second-order valence-corrected chi connectivity index (χ2v) is 3.47. The summed E-state index contributed by atoms with van der Waals surface area (Å²) in [6, 6.07) is 0.542. The van der Waals surface area contributed by atoms with Crippen molar-refractivity contribution in [1.29, 1.82) is 0 Å². The maximum Gasteiger partial charge on any atom is 0.0171 e. The van der Waals surface area contributed by atoms with Gasteiger partial charge in [0.1, 0.15) is 0 Å². The Morgan fingerprint density at radius 1 is 1.22 bits per heavy atom. The van der Waals surface area contributed by atoms with Gasteiger partial charge in [0, 0.05) is 17.3 Å². The highest BCUT2D eigenvalue weighted by molar-refractivity contribution is 7.81. The Bertz CT molecular complexity index is 97.1. The van der Waals surface area contributed by atoms with Crippen molar-refractivity contribution in [2.75, 3.05) is 0 Å². The second kappa shape index (κ2) is 2.90. The molecule has 0 bridgehead atoms. The van der Waals surface area contributed by atoms with Crippen LogP contribution in [-0.2, 0) is 0 Å². The van der Waals surface area contributed by atoms with E-state index in [1.807, 2.05) is 0 Å². The zero-order valence-electron chi connectivity index (χ0n) is 5.46. The van der Waals surface area contributed by atoms with Gasteiger partial charge in [-0.2, -0.15) is 12.6 Å². The highest BCUT2D eigenvalue weighted by Gasteiger charge is 2.22. The van der Waals surface area contributed by atoms with Crippen molar-refractivity contribution < 1.29 is 0 Å². The van der Waals surface area contributed by atoms with E-state index in [2.05, 4.69) is 12.6 Å². The summed E-state index contributed by atoms with van der Waals surface area (Å²) >= 11 is 4.32. The summed E-state index contributed by atoms with van der Waals surface area (Å²) in [5, 5.41) is 0.379. The predicted molar refractivity (Wildman–Crippen MR) is 42.6 cm³/mol. The van der Waals surface area contributed by atoms with Crippen LogP contribution in [-0.4, -0.2) is 17.3 Å². The minimum Gasteiger partial charge on any atom is -0.328 e. The molecule has 4 N–H and O–H groups in total. The molecule has 3 unspecified atom stereocenters. The zero-order valence-corrected chi connectivity index (χ0v) is 6.35. The van der Waals surface area contributed by atoms with E-state index in [4.69, 9.17) is 11.5 Å². The molecule has 1 fully saturated rings. The number of rotatable bonds is 0. The summed E-state index contributed by atoms with van der Waals surface area (Å²) < 4.78 is 0. The number of hydrogen-bond donors (Lipinski definition) is 3. The summed E-state index contributed by atoms with van der Waals surface area (Å²) in [5.41, 5.74) is 11.4. The Morgan fingerprint density at radius 3 is 2.33 bits per heavy atom. The molecule has 1 saturated carbocycles. The summed E-state index contributed by atoms with van der Waals surface area (Å²) in [6.07, 6.45) is 3.10. The highest BCUT2D eigenvalue weighted by Crippen LogP contribution is 2.20. The molecule has 0 heterocycles. The van der Waals surface area contributed by atoms with Crippen LogP contribution < -0.4 is 11.5 Å². The van der Waals surface area contributed by atoms with E-state index >= 15 is 0 Å². The zero-order chi connectivity index (χ0) is 6.85. The Hall–Kier alpha value is 0.270. The first kappa shape index (κ1) is 7.38. The molecule has 0 spiro atoms. The smallest absolute Gasteiger partial charge is 0.0171 e. The van der Waals surface area contributed by atoms with Gasteiger partial charge in [-0.15, -0.1) is 0 Å². The van der Waals surface area contributed by atoms with Crippen LogP contribution in [0.15, 0.2) is 0 Å². The molecule has 3 heteroatoms. The third-order valence-electron chi connectivity index (χ3n) is 1.90. The van der Waals surface area contributed by atoms with Gasteiger partial charge in [0.2, 0.25) is 0 Å². The molecule has 0 aromatic carbocycles. The number of hydrogen-bond acceptors (Lipinski definition) is 3. The van der Waals surface area contributed by atoms with Crippen LogP contribution in [0.3, 0.4) is 0 Å². The lowest BCUT2D eigenvalue weighted by molar-refractivity contribution is 0.404. The first-order valence-corrected chi connectivity index (χ1v) is 3.91. The van der Waals surface area contributed by atoms with Crippen molar-refractivity contribution in [3.63, 3.8) is 0 Å². The van der Waals surface area contributed by atoms with E-state index in [1.165, 1.54) is 0 Å². The molecule has 1 rings (SSSR count). The molecule has 2 nitrogen and oxygen atoms in total. The topological polar surface area (TPSA) is 52.0 Å². The van der Waals surface area contributed by atoms with E-state index < -0.39 is 0 Å². The molecular formula is C6H14N2S. The first-order chi connectivity index (χ1) is 4.20. The Kier molecular flexibility index (Phi) is 2.38. The lowest BCUT2D eigenvalue weighted by atomic mass is 9.92. The molecule has 54 valence electrons. The summed E-state index contributed by atoms with van der Waals surface area (Å²) in [4.78, 5) is 0. The Morgan fingerprint density at radius 2 is 1.89 bits per heavy atom. The van der Waals surface area contributed by atoms with E-state index in [1.54, 1.807) is 0 Å². The van der Waals surface area contributed by atoms with Crippen LogP contribution in [0.4, 0.5) is 0 Å². The van der Waals surface area contributed by atoms with Gasteiger partial charge in [0.25, 0.3) is 0 Å². The fourth-order valence-electron chi connectivity index (χ4n) is 1.22. The number of thiol groups is 1. The Labute approximate surface area is 61.4 Å². The van der Waals surface area contributed by atoms with Crippen LogP contribution in [0.25, 0.3) is 0 Å². The monoisotopic (exact) mass is 146 g/mol. The SMILES string of the molecule is NC1CCC(S)C(N)C1. The fourth-order valence-corrected chi connectivity index (χ4v) is 1.49. The molecule has 3 atom stereocenters. The lowest BCUT2D eigenvalue weighted by Gasteiger charge is -2.28. The second-order valence-electron chi connectivity index (χ2n) is 2.80.